The van der Waals surface area contributed by atoms with Crippen molar-refractivity contribution in [3.05, 3.63) is 0 Å². The predicted octanol–water partition coefficient (Wildman–Crippen LogP) is 2.48. The number of hydrogen-bond acceptors (Lipinski definition) is 3. The van der Waals surface area contributed by atoms with E-state index in [0.717, 1.165) is 39.0 Å². The first-order valence-corrected chi connectivity index (χ1v) is 8.21. The van der Waals surface area contributed by atoms with Crippen LogP contribution in [0.1, 0.15) is 59.3 Å². The van der Waals surface area contributed by atoms with Crippen LogP contribution in [0.4, 0.5) is 0 Å². The van der Waals surface area contributed by atoms with Crippen molar-refractivity contribution in [1.29, 1.82) is 0 Å². The molecular formula is C16H32N2O2. The van der Waals surface area contributed by atoms with Crippen LogP contribution in [-0.2, 0) is 9.53 Å². The van der Waals surface area contributed by atoms with Gasteiger partial charge in [0.25, 0.3) is 0 Å². The van der Waals surface area contributed by atoms with E-state index in [1.54, 1.807) is 0 Å². The lowest BCUT2D eigenvalue weighted by Crippen LogP contribution is -2.47. The molecule has 118 valence electrons. The van der Waals surface area contributed by atoms with Gasteiger partial charge in [-0.25, -0.2) is 0 Å². The third-order valence-corrected chi connectivity index (χ3v) is 3.71. The summed E-state index contributed by atoms with van der Waals surface area (Å²) in [5.41, 5.74) is 0. The summed E-state index contributed by atoms with van der Waals surface area (Å²) >= 11 is 0. The molecule has 0 radical (unpaired) electrons. The lowest BCUT2D eigenvalue weighted by Gasteiger charge is -2.24. The summed E-state index contributed by atoms with van der Waals surface area (Å²) in [7, 11) is 0. The molecule has 0 aliphatic heterocycles. The number of amides is 1. The van der Waals surface area contributed by atoms with E-state index >= 15 is 0 Å². The van der Waals surface area contributed by atoms with Crippen LogP contribution >= 0.6 is 0 Å². The number of carbonyl (C=O) groups excluding carboxylic acids is 1. The fraction of sp³-hybridized carbons (Fsp3) is 0.938. The Balaban J connectivity index is 2.03. The van der Waals surface area contributed by atoms with Crippen molar-refractivity contribution in [3.63, 3.8) is 0 Å². The van der Waals surface area contributed by atoms with Gasteiger partial charge in [0.05, 0.1) is 6.04 Å². The van der Waals surface area contributed by atoms with Crippen molar-refractivity contribution in [2.45, 2.75) is 71.4 Å². The molecular weight excluding hydrogens is 252 g/mol. The summed E-state index contributed by atoms with van der Waals surface area (Å²) in [5.74, 6) is 0.725. The van der Waals surface area contributed by atoms with Crippen LogP contribution in [-0.4, -0.2) is 37.7 Å². The van der Waals surface area contributed by atoms with Gasteiger partial charge < -0.3 is 15.4 Å². The lowest BCUT2D eigenvalue weighted by atomic mass is 9.95. The Bertz CT molecular complexity index is 263. The molecule has 1 atom stereocenters. The highest BCUT2D eigenvalue weighted by atomic mass is 16.5. The first-order chi connectivity index (χ1) is 9.59. The van der Waals surface area contributed by atoms with Crippen LogP contribution in [0.3, 0.4) is 0 Å². The third-order valence-electron chi connectivity index (χ3n) is 3.71. The minimum Gasteiger partial charge on any atom is -0.381 e. The van der Waals surface area contributed by atoms with Crippen molar-refractivity contribution in [1.82, 2.24) is 10.6 Å². The van der Waals surface area contributed by atoms with Crippen molar-refractivity contribution in [3.8, 4) is 0 Å². The van der Waals surface area contributed by atoms with Crippen LogP contribution in [0.2, 0.25) is 0 Å². The molecule has 0 aromatic carbocycles. The molecule has 1 unspecified atom stereocenters. The maximum absolute atomic E-state index is 12.0. The van der Waals surface area contributed by atoms with E-state index in [0.29, 0.717) is 12.0 Å². The molecule has 1 amide bonds. The maximum Gasteiger partial charge on any atom is 0.237 e. The molecule has 1 rings (SSSR count). The molecule has 2 N–H and O–H groups in total. The number of ether oxygens (including phenoxy) is 1. The lowest BCUT2D eigenvalue weighted by molar-refractivity contribution is -0.123. The summed E-state index contributed by atoms with van der Waals surface area (Å²) in [6, 6.07) is 0.289. The quantitative estimate of drug-likeness (QED) is 0.640. The molecule has 0 aromatic heterocycles. The smallest absolute Gasteiger partial charge is 0.237 e. The summed E-state index contributed by atoms with van der Waals surface area (Å²) in [6.45, 7) is 8.65. The number of rotatable bonds is 9. The highest BCUT2D eigenvalue weighted by molar-refractivity contribution is 5.81. The molecule has 1 saturated carbocycles. The van der Waals surface area contributed by atoms with Gasteiger partial charge in [0, 0.05) is 19.3 Å². The van der Waals surface area contributed by atoms with E-state index in [4.69, 9.17) is 4.74 Å². The van der Waals surface area contributed by atoms with Crippen LogP contribution in [0.5, 0.6) is 0 Å². The molecule has 0 spiro atoms. The minimum absolute atomic E-state index is 0.109. The zero-order valence-corrected chi connectivity index (χ0v) is 13.4. The van der Waals surface area contributed by atoms with E-state index in [2.05, 4.69) is 24.5 Å². The fourth-order valence-corrected chi connectivity index (χ4v) is 2.48. The number of nitrogens with one attached hydrogen (secondary N) is 2. The molecule has 20 heavy (non-hydrogen) atoms. The number of hydrogen-bond donors (Lipinski definition) is 2. The van der Waals surface area contributed by atoms with E-state index in [1.807, 2.05) is 6.92 Å². The van der Waals surface area contributed by atoms with Gasteiger partial charge in [-0.1, -0.05) is 33.1 Å². The van der Waals surface area contributed by atoms with Crippen LogP contribution in [0.15, 0.2) is 0 Å². The third kappa shape index (κ3) is 7.85. The molecule has 0 heterocycles. The highest BCUT2D eigenvalue weighted by Gasteiger charge is 2.18. The molecule has 1 aliphatic carbocycles. The van der Waals surface area contributed by atoms with Crippen LogP contribution in [0.25, 0.3) is 0 Å². The summed E-state index contributed by atoms with van der Waals surface area (Å²) < 4.78 is 5.52. The Morgan fingerprint density at radius 3 is 2.55 bits per heavy atom. The van der Waals surface area contributed by atoms with Gasteiger partial charge in [-0.2, -0.15) is 0 Å². The molecule has 0 aromatic rings. The standard InChI is InChI=1S/C16H32N2O2/c1-13(2)12-20-11-7-10-17-14(3)16(19)18-15-8-5-4-6-9-15/h13-15,17H,4-12H2,1-3H3,(H,18,19). The van der Waals surface area contributed by atoms with Crippen LogP contribution in [0, 0.1) is 5.92 Å². The molecule has 0 saturated heterocycles. The summed E-state index contributed by atoms with van der Waals surface area (Å²) in [4.78, 5) is 12.0. The monoisotopic (exact) mass is 284 g/mol. The Hall–Kier alpha value is -0.610. The van der Waals surface area contributed by atoms with Gasteiger partial charge in [0.15, 0.2) is 0 Å². The van der Waals surface area contributed by atoms with Gasteiger partial charge in [-0.3, -0.25) is 4.79 Å². The minimum atomic E-state index is -0.109. The van der Waals surface area contributed by atoms with E-state index in [1.165, 1.54) is 19.3 Å². The van der Waals surface area contributed by atoms with E-state index < -0.39 is 0 Å². The van der Waals surface area contributed by atoms with Gasteiger partial charge in [-0.15, -0.1) is 0 Å². The first-order valence-electron chi connectivity index (χ1n) is 8.21. The van der Waals surface area contributed by atoms with Crippen molar-refractivity contribution in [2.24, 2.45) is 5.92 Å². The second-order valence-corrected chi connectivity index (χ2v) is 6.34. The molecule has 0 bridgehead atoms. The largest absolute Gasteiger partial charge is 0.381 e. The number of carbonyl (C=O) groups is 1. The average molecular weight is 284 g/mol. The fourth-order valence-electron chi connectivity index (χ4n) is 2.48. The maximum atomic E-state index is 12.0. The molecule has 4 heteroatoms. The Labute approximate surface area is 124 Å². The normalized spacial score (nSPS) is 18.2. The Morgan fingerprint density at radius 1 is 1.20 bits per heavy atom. The van der Waals surface area contributed by atoms with Gasteiger partial charge in [0.1, 0.15) is 0 Å². The molecule has 1 fully saturated rings. The Kier molecular flexibility index (Phi) is 8.86. The first kappa shape index (κ1) is 17.4. The van der Waals surface area contributed by atoms with Crippen molar-refractivity contribution >= 4 is 5.91 Å². The van der Waals surface area contributed by atoms with Gasteiger partial charge >= 0.3 is 0 Å². The van der Waals surface area contributed by atoms with Crippen molar-refractivity contribution < 1.29 is 9.53 Å². The summed E-state index contributed by atoms with van der Waals surface area (Å²) in [6.07, 6.45) is 7.05. The highest BCUT2D eigenvalue weighted by Crippen LogP contribution is 2.17. The predicted molar refractivity (Wildman–Crippen MR) is 82.8 cm³/mol. The van der Waals surface area contributed by atoms with E-state index in [9.17, 15) is 4.79 Å². The Morgan fingerprint density at radius 2 is 1.90 bits per heavy atom. The van der Waals surface area contributed by atoms with Gasteiger partial charge in [0.2, 0.25) is 5.91 Å². The SMILES string of the molecule is CC(C)COCCCNC(C)C(=O)NC1CCCCC1. The molecule has 1 aliphatic rings. The van der Waals surface area contributed by atoms with E-state index in [-0.39, 0.29) is 11.9 Å². The summed E-state index contributed by atoms with van der Waals surface area (Å²) in [5, 5.41) is 6.42. The second kappa shape index (κ2) is 10.2. The zero-order valence-electron chi connectivity index (χ0n) is 13.4. The van der Waals surface area contributed by atoms with Gasteiger partial charge in [-0.05, 0) is 38.6 Å². The van der Waals surface area contributed by atoms with Crippen LogP contribution < -0.4 is 10.6 Å². The van der Waals surface area contributed by atoms with Crippen molar-refractivity contribution in [2.75, 3.05) is 19.8 Å². The zero-order chi connectivity index (χ0) is 14.8. The molecule has 4 nitrogen and oxygen atoms in total. The average Bonchev–Trinajstić information content (AvgIpc) is 2.43. The topological polar surface area (TPSA) is 50.4 Å². The second-order valence-electron chi connectivity index (χ2n) is 6.34.